The molecule has 1 aromatic heterocycles. The topological polar surface area (TPSA) is 175 Å². The minimum atomic E-state index is -0.971. The van der Waals surface area contributed by atoms with Crippen LogP contribution in [-0.4, -0.2) is 50.2 Å². The van der Waals surface area contributed by atoms with Crippen LogP contribution in [-0.2, 0) is 27.4 Å². The van der Waals surface area contributed by atoms with E-state index in [0.29, 0.717) is 5.82 Å². The predicted octanol–water partition coefficient (Wildman–Crippen LogP) is 2.92. The zero-order valence-corrected chi connectivity index (χ0v) is 20.0. The van der Waals surface area contributed by atoms with Crippen LogP contribution in [0.4, 0.5) is 16.3 Å². The smallest absolute Gasteiger partial charge is 0.408 e. The van der Waals surface area contributed by atoms with Crippen molar-refractivity contribution in [1.29, 1.82) is 0 Å². The number of carbonyl (C=O) groups excluding carboxylic acids is 3. The summed E-state index contributed by atoms with van der Waals surface area (Å²) in [4.78, 5) is 51.3. The van der Waals surface area contributed by atoms with Crippen LogP contribution >= 0.6 is 0 Å². The third-order valence-corrected chi connectivity index (χ3v) is 5.19. The maximum atomic E-state index is 12.5. The molecule has 0 fully saturated rings. The Bertz CT molecular complexity index is 1290. The van der Waals surface area contributed by atoms with Crippen LogP contribution in [0.1, 0.15) is 28.7 Å². The first-order chi connectivity index (χ1) is 17.7. The number of nitro groups is 1. The minimum Gasteiger partial charge on any atom is -0.507 e. The van der Waals surface area contributed by atoms with E-state index in [0.717, 1.165) is 11.8 Å². The molecule has 1 heterocycles. The molecule has 0 saturated carbocycles. The summed E-state index contributed by atoms with van der Waals surface area (Å²) in [5, 5.41) is 26.1. The van der Waals surface area contributed by atoms with Crippen LogP contribution in [0.15, 0.2) is 54.7 Å². The number of amides is 2. The number of rotatable bonds is 10. The fraction of sp³-hybridized carbons (Fsp3) is 0.250. The first-order valence-electron chi connectivity index (χ1n) is 11.1. The quantitative estimate of drug-likeness (QED) is 0.160. The van der Waals surface area contributed by atoms with Crippen LogP contribution in [0, 0.1) is 17.0 Å². The van der Waals surface area contributed by atoms with Gasteiger partial charge in [-0.1, -0.05) is 30.3 Å². The van der Waals surface area contributed by atoms with Gasteiger partial charge >= 0.3 is 17.9 Å². The molecule has 3 aromatic rings. The summed E-state index contributed by atoms with van der Waals surface area (Å²) in [7, 11) is 0. The van der Waals surface area contributed by atoms with Gasteiger partial charge in [-0.05, 0) is 35.6 Å². The van der Waals surface area contributed by atoms with Crippen molar-refractivity contribution in [3.05, 3.63) is 81.8 Å². The third kappa shape index (κ3) is 7.27. The number of aryl methyl sites for hydroxylation is 1. The molecule has 0 unspecified atom stereocenters. The molecule has 37 heavy (non-hydrogen) atoms. The van der Waals surface area contributed by atoms with E-state index in [-0.39, 0.29) is 42.6 Å². The number of aromatic nitrogens is 2. The van der Waals surface area contributed by atoms with E-state index in [1.165, 1.54) is 29.7 Å². The Morgan fingerprint density at radius 1 is 1.16 bits per heavy atom. The Labute approximate surface area is 211 Å². The Balaban J connectivity index is 1.53. The lowest BCUT2D eigenvalue weighted by Gasteiger charge is -2.15. The van der Waals surface area contributed by atoms with E-state index in [1.807, 2.05) is 6.07 Å². The number of imidazole rings is 1. The van der Waals surface area contributed by atoms with E-state index in [1.54, 1.807) is 31.2 Å². The van der Waals surface area contributed by atoms with Crippen LogP contribution in [0.5, 0.6) is 5.75 Å². The number of hydrogen-bond donors (Lipinski definition) is 3. The van der Waals surface area contributed by atoms with Gasteiger partial charge in [-0.3, -0.25) is 4.79 Å². The lowest BCUT2D eigenvalue weighted by atomic mass is 10.1. The number of hydrogen-bond acceptors (Lipinski definition) is 9. The number of anilines is 1. The van der Waals surface area contributed by atoms with Crippen molar-refractivity contribution >= 4 is 29.5 Å². The molecule has 3 N–H and O–H groups in total. The Kier molecular flexibility index (Phi) is 8.76. The summed E-state index contributed by atoms with van der Waals surface area (Å²) in [6.07, 6.45) is 0.323. The monoisotopic (exact) mass is 511 g/mol. The molecule has 2 amide bonds. The molecule has 13 nitrogen and oxygen atoms in total. The standard InChI is InChI=1S/C24H25N5O8/c1-15(26-24(33)37-14-17-6-4-3-5-7-17)22(31)27-18-8-9-20(30)19(12-18)23(32)36-11-10-28-16(2)25-13-21(28)29(34)35/h3-9,12-13,15,30H,10-11,14H2,1-2H3,(H,26,33)(H,27,31)/t15-/m0/s1. The molecular formula is C24H25N5O8. The highest BCUT2D eigenvalue weighted by Gasteiger charge is 2.21. The molecule has 0 radical (unpaired) electrons. The molecule has 0 aliphatic heterocycles. The van der Waals surface area contributed by atoms with Crippen LogP contribution < -0.4 is 10.6 Å². The second-order valence-corrected chi connectivity index (χ2v) is 7.86. The second-order valence-electron chi connectivity index (χ2n) is 7.86. The zero-order valence-electron chi connectivity index (χ0n) is 20.0. The van der Waals surface area contributed by atoms with Gasteiger partial charge in [0.05, 0.1) is 0 Å². The number of benzene rings is 2. The number of carbonyl (C=O) groups is 3. The van der Waals surface area contributed by atoms with Gasteiger partial charge in [-0.25, -0.2) is 19.1 Å². The lowest BCUT2D eigenvalue weighted by molar-refractivity contribution is -0.392. The number of ether oxygens (including phenoxy) is 2. The van der Waals surface area contributed by atoms with E-state index < -0.39 is 28.9 Å². The van der Waals surface area contributed by atoms with Gasteiger partial charge in [0, 0.05) is 12.6 Å². The van der Waals surface area contributed by atoms with Crippen molar-refractivity contribution in [1.82, 2.24) is 14.9 Å². The number of esters is 1. The Morgan fingerprint density at radius 3 is 2.59 bits per heavy atom. The predicted molar refractivity (Wildman–Crippen MR) is 130 cm³/mol. The lowest BCUT2D eigenvalue weighted by Crippen LogP contribution is -2.41. The number of phenols is 1. The number of alkyl carbamates (subject to hydrolysis) is 1. The van der Waals surface area contributed by atoms with Crippen molar-refractivity contribution in [3.63, 3.8) is 0 Å². The van der Waals surface area contributed by atoms with Gasteiger partial charge in [0.15, 0.2) is 5.82 Å². The highest BCUT2D eigenvalue weighted by Crippen LogP contribution is 2.23. The molecule has 0 saturated heterocycles. The van der Waals surface area contributed by atoms with Gasteiger partial charge in [-0.2, -0.15) is 0 Å². The average Bonchev–Trinajstić information content (AvgIpc) is 3.24. The molecule has 1 atom stereocenters. The molecule has 0 spiro atoms. The third-order valence-electron chi connectivity index (χ3n) is 5.19. The molecule has 0 aliphatic carbocycles. The first-order valence-corrected chi connectivity index (χ1v) is 11.1. The fourth-order valence-corrected chi connectivity index (χ4v) is 3.22. The van der Waals surface area contributed by atoms with Crippen LogP contribution in [0.25, 0.3) is 0 Å². The number of nitrogens with zero attached hydrogens (tertiary/aromatic N) is 3. The van der Waals surface area contributed by atoms with Gasteiger partial charge in [0.2, 0.25) is 5.91 Å². The number of aromatic hydroxyl groups is 1. The summed E-state index contributed by atoms with van der Waals surface area (Å²) in [6.45, 7) is 2.82. The second kappa shape index (κ2) is 12.2. The maximum absolute atomic E-state index is 12.5. The van der Waals surface area contributed by atoms with Crippen molar-refractivity contribution in [2.45, 2.75) is 33.0 Å². The highest BCUT2D eigenvalue weighted by atomic mass is 16.6. The van der Waals surface area contributed by atoms with Crippen LogP contribution in [0.3, 0.4) is 0 Å². The van der Waals surface area contributed by atoms with Gasteiger partial charge in [-0.15, -0.1) is 0 Å². The number of phenolic OH excluding ortho intramolecular Hbond substituents is 1. The summed E-state index contributed by atoms with van der Waals surface area (Å²) >= 11 is 0. The first kappa shape index (κ1) is 26.7. The SMILES string of the molecule is Cc1ncc([N+](=O)[O-])n1CCOC(=O)c1cc(NC(=O)[C@H](C)NC(=O)OCc2ccccc2)ccc1O. The summed E-state index contributed by atoms with van der Waals surface area (Å²) in [5.41, 5.74) is 0.733. The maximum Gasteiger partial charge on any atom is 0.408 e. The van der Waals surface area contributed by atoms with Crippen molar-refractivity contribution < 1.29 is 33.9 Å². The molecule has 13 heteroatoms. The van der Waals surface area contributed by atoms with E-state index >= 15 is 0 Å². The van der Waals surface area contributed by atoms with Gasteiger partial charge in [0.25, 0.3) is 0 Å². The van der Waals surface area contributed by atoms with Gasteiger partial charge in [0.1, 0.15) is 43.3 Å². The summed E-state index contributed by atoms with van der Waals surface area (Å²) < 4.78 is 11.5. The average molecular weight is 511 g/mol. The van der Waals surface area contributed by atoms with Crippen molar-refractivity contribution in [3.8, 4) is 5.75 Å². The largest absolute Gasteiger partial charge is 0.507 e. The van der Waals surface area contributed by atoms with E-state index in [4.69, 9.17) is 9.47 Å². The van der Waals surface area contributed by atoms with Crippen molar-refractivity contribution in [2.75, 3.05) is 11.9 Å². The zero-order chi connectivity index (χ0) is 26.9. The summed E-state index contributed by atoms with van der Waals surface area (Å²) in [5.74, 6) is -1.74. The minimum absolute atomic E-state index is 0.0192. The Hall–Kier alpha value is -4.94. The van der Waals surface area contributed by atoms with Gasteiger partial charge < -0.3 is 35.3 Å². The fourth-order valence-electron chi connectivity index (χ4n) is 3.22. The van der Waals surface area contributed by atoms with E-state index in [2.05, 4.69) is 15.6 Å². The molecular weight excluding hydrogens is 486 g/mol. The number of nitrogens with one attached hydrogen (secondary N) is 2. The van der Waals surface area contributed by atoms with Crippen LogP contribution in [0.2, 0.25) is 0 Å². The normalized spacial score (nSPS) is 11.3. The molecule has 0 bridgehead atoms. The Morgan fingerprint density at radius 2 is 1.89 bits per heavy atom. The summed E-state index contributed by atoms with van der Waals surface area (Å²) in [6, 6.07) is 11.8. The van der Waals surface area contributed by atoms with E-state index in [9.17, 15) is 29.6 Å². The molecule has 2 aromatic carbocycles. The molecule has 0 aliphatic rings. The molecule has 3 rings (SSSR count). The van der Waals surface area contributed by atoms with Crippen molar-refractivity contribution in [2.24, 2.45) is 0 Å². The molecule has 194 valence electrons. The highest BCUT2D eigenvalue weighted by molar-refractivity contribution is 5.99.